The molecule has 2 aromatic carbocycles. The monoisotopic (exact) mass is 253 g/mol. The van der Waals surface area contributed by atoms with Crippen molar-refractivity contribution < 1.29 is 8.78 Å². The highest BCUT2D eigenvalue weighted by molar-refractivity contribution is 6.30. The molecule has 0 saturated heterocycles. The SMILES string of the molecule is Fc1cc(Cl)cc(NCc2ccccc2F)c1. The van der Waals surface area contributed by atoms with E-state index in [1.165, 1.54) is 18.2 Å². The molecule has 0 aliphatic carbocycles. The van der Waals surface area contributed by atoms with Gasteiger partial charge in [-0.2, -0.15) is 0 Å². The average molecular weight is 254 g/mol. The lowest BCUT2D eigenvalue weighted by Gasteiger charge is -2.07. The molecule has 88 valence electrons. The minimum atomic E-state index is -0.423. The first-order valence-electron chi connectivity index (χ1n) is 5.08. The number of hydrogen-bond donors (Lipinski definition) is 1. The Hall–Kier alpha value is -1.61. The summed E-state index contributed by atoms with van der Waals surface area (Å²) in [5, 5.41) is 3.23. The molecule has 17 heavy (non-hydrogen) atoms. The maximum absolute atomic E-state index is 13.3. The fraction of sp³-hybridized carbons (Fsp3) is 0.0769. The fourth-order valence-electron chi connectivity index (χ4n) is 1.49. The van der Waals surface area contributed by atoms with Crippen LogP contribution in [0.25, 0.3) is 0 Å². The highest BCUT2D eigenvalue weighted by Crippen LogP contribution is 2.19. The summed E-state index contributed by atoms with van der Waals surface area (Å²) in [7, 11) is 0. The highest BCUT2D eigenvalue weighted by atomic mass is 35.5. The molecular weight excluding hydrogens is 244 g/mol. The van der Waals surface area contributed by atoms with Crippen LogP contribution in [0.15, 0.2) is 42.5 Å². The molecule has 1 nitrogen and oxygen atoms in total. The van der Waals surface area contributed by atoms with E-state index in [0.29, 0.717) is 16.3 Å². The van der Waals surface area contributed by atoms with Gasteiger partial charge in [0.25, 0.3) is 0 Å². The molecule has 4 heteroatoms. The smallest absolute Gasteiger partial charge is 0.128 e. The van der Waals surface area contributed by atoms with Crippen molar-refractivity contribution in [2.45, 2.75) is 6.54 Å². The van der Waals surface area contributed by atoms with Gasteiger partial charge in [0, 0.05) is 22.8 Å². The molecule has 1 N–H and O–H groups in total. The molecule has 0 unspecified atom stereocenters. The number of halogens is 3. The Bertz CT molecular complexity index is 508. The normalized spacial score (nSPS) is 10.3. The number of rotatable bonds is 3. The van der Waals surface area contributed by atoms with Gasteiger partial charge in [0.2, 0.25) is 0 Å². The van der Waals surface area contributed by atoms with Gasteiger partial charge in [0.15, 0.2) is 0 Å². The van der Waals surface area contributed by atoms with Gasteiger partial charge in [-0.1, -0.05) is 29.8 Å². The lowest BCUT2D eigenvalue weighted by atomic mass is 10.2. The van der Waals surface area contributed by atoms with Crippen molar-refractivity contribution in [3.05, 3.63) is 64.7 Å². The minimum Gasteiger partial charge on any atom is -0.381 e. The van der Waals surface area contributed by atoms with Crippen LogP contribution in [-0.2, 0) is 6.54 Å². The van der Waals surface area contributed by atoms with Gasteiger partial charge in [0.05, 0.1) is 0 Å². The van der Waals surface area contributed by atoms with Crippen molar-refractivity contribution in [2.24, 2.45) is 0 Å². The Labute approximate surface area is 103 Å². The van der Waals surface area contributed by atoms with Gasteiger partial charge in [-0.15, -0.1) is 0 Å². The van der Waals surface area contributed by atoms with Crippen LogP contribution < -0.4 is 5.32 Å². The summed E-state index contributed by atoms with van der Waals surface area (Å²) in [4.78, 5) is 0. The van der Waals surface area contributed by atoms with Gasteiger partial charge >= 0.3 is 0 Å². The van der Waals surface area contributed by atoms with Crippen LogP contribution in [-0.4, -0.2) is 0 Å². The van der Waals surface area contributed by atoms with E-state index in [1.54, 1.807) is 24.3 Å². The Morgan fingerprint density at radius 1 is 1.06 bits per heavy atom. The molecule has 2 aromatic rings. The van der Waals surface area contributed by atoms with Gasteiger partial charge in [-0.05, 0) is 24.3 Å². The van der Waals surface area contributed by atoms with Gasteiger partial charge in [0.1, 0.15) is 11.6 Å². The summed E-state index contributed by atoms with van der Waals surface area (Å²) in [5.74, 6) is -0.712. The predicted molar refractivity (Wildman–Crippen MR) is 65.1 cm³/mol. The summed E-state index contributed by atoms with van der Waals surface area (Å²) in [6.45, 7) is 0.284. The Kier molecular flexibility index (Phi) is 3.59. The first-order valence-corrected chi connectivity index (χ1v) is 5.46. The van der Waals surface area contributed by atoms with E-state index in [4.69, 9.17) is 11.6 Å². The molecule has 0 spiro atoms. The summed E-state index contributed by atoms with van der Waals surface area (Å²) in [6.07, 6.45) is 0. The molecule has 0 saturated carbocycles. The third kappa shape index (κ3) is 3.17. The van der Waals surface area contributed by atoms with Crippen LogP contribution in [0.5, 0.6) is 0 Å². The standard InChI is InChI=1S/C13H10ClF2N/c14-10-5-11(15)7-12(6-10)17-8-9-3-1-2-4-13(9)16/h1-7,17H,8H2. The summed E-state index contributed by atoms with van der Waals surface area (Å²) < 4.78 is 26.3. The van der Waals surface area contributed by atoms with E-state index in [1.807, 2.05) is 0 Å². The van der Waals surface area contributed by atoms with E-state index >= 15 is 0 Å². The third-order valence-electron chi connectivity index (χ3n) is 2.30. The van der Waals surface area contributed by atoms with Crippen molar-refractivity contribution in [1.82, 2.24) is 0 Å². The number of hydrogen-bond acceptors (Lipinski definition) is 1. The highest BCUT2D eigenvalue weighted by Gasteiger charge is 2.02. The maximum Gasteiger partial charge on any atom is 0.128 e. The molecule has 0 bridgehead atoms. The fourth-order valence-corrected chi connectivity index (χ4v) is 1.72. The van der Waals surface area contributed by atoms with E-state index in [-0.39, 0.29) is 12.4 Å². The van der Waals surface area contributed by atoms with Gasteiger partial charge < -0.3 is 5.32 Å². The van der Waals surface area contributed by atoms with Crippen LogP contribution in [0.2, 0.25) is 5.02 Å². The second-order valence-corrected chi connectivity index (χ2v) is 4.04. The van der Waals surface area contributed by atoms with Crippen LogP contribution in [0.4, 0.5) is 14.5 Å². The molecule has 2 rings (SSSR count). The zero-order valence-corrected chi connectivity index (χ0v) is 9.64. The Morgan fingerprint density at radius 3 is 2.53 bits per heavy atom. The second kappa shape index (κ2) is 5.15. The number of nitrogens with one attached hydrogen (secondary N) is 1. The summed E-state index contributed by atoms with van der Waals surface area (Å²) in [5.41, 5.74) is 1.05. The lowest BCUT2D eigenvalue weighted by Crippen LogP contribution is -2.01. The van der Waals surface area contributed by atoms with E-state index in [0.717, 1.165) is 0 Å². The van der Waals surface area contributed by atoms with E-state index < -0.39 is 5.82 Å². The zero-order valence-electron chi connectivity index (χ0n) is 8.88. The number of benzene rings is 2. The quantitative estimate of drug-likeness (QED) is 0.863. The molecule has 0 aromatic heterocycles. The number of anilines is 1. The van der Waals surface area contributed by atoms with Crippen molar-refractivity contribution in [3.63, 3.8) is 0 Å². The zero-order chi connectivity index (χ0) is 12.3. The van der Waals surface area contributed by atoms with Crippen LogP contribution in [0, 0.1) is 11.6 Å². The first kappa shape index (κ1) is 11.9. The predicted octanol–water partition coefficient (Wildman–Crippen LogP) is 4.23. The van der Waals surface area contributed by atoms with Crippen LogP contribution in [0.1, 0.15) is 5.56 Å². The van der Waals surface area contributed by atoms with Crippen molar-refractivity contribution in [2.75, 3.05) is 5.32 Å². The molecule has 0 atom stereocenters. The van der Waals surface area contributed by atoms with Crippen LogP contribution in [0.3, 0.4) is 0 Å². The molecule has 0 heterocycles. The van der Waals surface area contributed by atoms with Gasteiger partial charge in [-0.3, -0.25) is 0 Å². The van der Waals surface area contributed by atoms with Crippen molar-refractivity contribution in [3.8, 4) is 0 Å². The average Bonchev–Trinajstić information content (AvgIpc) is 2.27. The lowest BCUT2D eigenvalue weighted by molar-refractivity contribution is 0.612. The van der Waals surface area contributed by atoms with Gasteiger partial charge in [-0.25, -0.2) is 8.78 Å². The maximum atomic E-state index is 13.3. The topological polar surface area (TPSA) is 12.0 Å². The van der Waals surface area contributed by atoms with E-state index in [2.05, 4.69) is 5.32 Å². The molecule has 0 radical (unpaired) electrons. The Morgan fingerprint density at radius 2 is 1.82 bits per heavy atom. The van der Waals surface area contributed by atoms with Crippen molar-refractivity contribution >= 4 is 17.3 Å². The minimum absolute atomic E-state index is 0.284. The van der Waals surface area contributed by atoms with E-state index in [9.17, 15) is 8.78 Å². The molecule has 0 aliphatic rings. The molecule has 0 fully saturated rings. The molecular formula is C13H10ClF2N. The third-order valence-corrected chi connectivity index (χ3v) is 2.52. The largest absolute Gasteiger partial charge is 0.381 e. The van der Waals surface area contributed by atoms with Crippen LogP contribution >= 0.6 is 11.6 Å². The Balaban J connectivity index is 2.10. The molecule has 0 amide bonds. The van der Waals surface area contributed by atoms with Crippen molar-refractivity contribution in [1.29, 1.82) is 0 Å². The molecule has 0 aliphatic heterocycles. The second-order valence-electron chi connectivity index (χ2n) is 3.60. The summed E-state index contributed by atoms with van der Waals surface area (Å²) >= 11 is 5.71. The summed E-state index contributed by atoms with van der Waals surface area (Å²) in [6, 6.07) is 10.5. The first-order chi connectivity index (χ1) is 8.15.